The van der Waals surface area contributed by atoms with Crippen LogP contribution >= 0.6 is 46.4 Å². The Bertz CT molecular complexity index is 1070. The molecule has 0 fully saturated rings. The van der Waals surface area contributed by atoms with Crippen molar-refractivity contribution < 1.29 is 24.2 Å². The lowest BCUT2D eigenvalue weighted by molar-refractivity contribution is -0.394. The van der Waals surface area contributed by atoms with Gasteiger partial charge in [0.05, 0.1) is 32.6 Å². The first-order chi connectivity index (χ1) is 16.2. The molecule has 0 aliphatic heterocycles. The highest BCUT2D eigenvalue weighted by atomic mass is 35.5. The lowest BCUT2D eigenvalue weighted by atomic mass is 10.2. The minimum Gasteiger partial charge on any atom is -0.490 e. The Labute approximate surface area is 213 Å². The Morgan fingerprint density at radius 2 is 1.71 bits per heavy atom. The maximum absolute atomic E-state index is 11.1. The number of non-ortho nitro benzene ring substituents is 1. The molecule has 0 heterocycles. The van der Waals surface area contributed by atoms with Gasteiger partial charge in [-0.15, -0.1) is 0 Å². The van der Waals surface area contributed by atoms with Gasteiger partial charge in [0.2, 0.25) is 5.75 Å². The number of nitrogens with zero attached hydrogens (tertiary/aromatic N) is 3. The van der Waals surface area contributed by atoms with Gasteiger partial charge in [0.1, 0.15) is 16.8 Å². The Morgan fingerprint density at radius 1 is 1.00 bits per heavy atom. The molecular weight excluding hydrogens is 536 g/mol. The summed E-state index contributed by atoms with van der Waals surface area (Å²) in [5, 5.41) is 26.0. The highest BCUT2D eigenvalue weighted by Gasteiger charge is 2.21. The summed E-state index contributed by atoms with van der Waals surface area (Å²) in [6.45, 7) is 0.477. The van der Waals surface area contributed by atoms with Crippen LogP contribution in [0.5, 0.6) is 17.2 Å². The van der Waals surface area contributed by atoms with Crippen molar-refractivity contribution in [2.24, 2.45) is 5.16 Å². The molecule has 182 valence electrons. The molecule has 0 amide bonds. The van der Waals surface area contributed by atoms with Gasteiger partial charge in [0, 0.05) is 24.4 Å². The highest BCUT2D eigenvalue weighted by molar-refractivity contribution is 6.55. The van der Waals surface area contributed by atoms with Gasteiger partial charge >= 0.3 is 5.69 Å². The van der Waals surface area contributed by atoms with Gasteiger partial charge in [0.15, 0.2) is 5.75 Å². The zero-order valence-corrected chi connectivity index (χ0v) is 20.3. The van der Waals surface area contributed by atoms with Gasteiger partial charge < -0.3 is 14.3 Å². The van der Waals surface area contributed by atoms with E-state index in [9.17, 15) is 20.2 Å². The summed E-state index contributed by atoms with van der Waals surface area (Å²) in [4.78, 5) is 25.3. The molecule has 0 spiro atoms. The van der Waals surface area contributed by atoms with Crippen molar-refractivity contribution in [3.05, 3.63) is 71.2 Å². The van der Waals surface area contributed by atoms with Gasteiger partial charge in [-0.2, -0.15) is 0 Å². The van der Waals surface area contributed by atoms with Crippen LogP contribution in [0.3, 0.4) is 0 Å². The summed E-state index contributed by atoms with van der Waals surface area (Å²) >= 11 is 23.4. The van der Waals surface area contributed by atoms with Crippen molar-refractivity contribution in [3.8, 4) is 17.2 Å². The molecule has 34 heavy (non-hydrogen) atoms. The number of nitro groups is 2. The smallest absolute Gasteiger partial charge is 0.321 e. The van der Waals surface area contributed by atoms with Crippen LogP contribution in [-0.4, -0.2) is 29.3 Å². The van der Waals surface area contributed by atoms with Gasteiger partial charge in [-0.05, 0) is 31.4 Å². The van der Waals surface area contributed by atoms with E-state index in [2.05, 4.69) is 5.16 Å². The summed E-state index contributed by atoms with van der Waals surface area (Å²) in [5.74, 6) is 0.551. The molecule has 2 aromatic rings. The van der Waals surface area contributed by atoms with E-state index >= 15 is 0 Å². The number of hydrogen-bond donors (Lipinski definition) is 0. The number of hydrogen-bond acceptors (Lipinski definition) is 8. The van der Waals surface area contributed by atoms with Crippen LogP contribution in [0.2, 0.25) is 10.0 Å². The third kappa shape index (κ3) is 8.86. The molecule has 0 bridgehead atoms. The largest absolute Gasteiger partial charge is 0.490 e. The monoisotopic (exact) mass is 551 g/mol. The number of ether oxygens (including phenoxy) is 2. The number of nitro benzene ring substituents is 2. The molecule has 0 radical (unpaired) electrons. The quantitative estimate of drug-likeness (QED) is 0.112. The number of halogens is 4. The minimum atomic E-state index is -0.781. The standard InChI is InChI=1S/C20H17Cl4N3O7/c21-15-11-14(32-9-6-19(23)24)12-16(22)20(15)33-8-3-1-2-7-25-34-18-5-4-13(26(28)29)10-17(18)27(30)31/h4-7,10-12H,1-3,8-9H2/b25-7+. The summed E-state index contributed by atoms with van der Waals surface area (Å²) < 4.78 is 11.1. The van der Waals surface area contributed by atoms with Crippen LogP contribution in [-0.2, 0) is 0 Å². The van der Waals surface area contributed by atoms with Crippen molar-refractivity contribution in [1.82, 2.24) is 0 Å². The lowest BCUT2D eigenvalue weighted by Crippen LogP contribution is -2.00. The van der Waals surface area contributed by atoms with E-state index in [4.69, 9.17) is 60.7 Å². The summed E-state index contributed by atoms with van der Waals surface area (Å²) in [6.07, 6.45) is 4.69. The van der Waals surface area contributed by atoms with E-state index in [0.29, 0.717) is 37.4 Å². The molecule has 2 rings (SSSR count). The fourth-order valence-electron chi connectivity index (χ4n) is 2.46. The van der Waals surface area contributed by atoms with Crippen LogP contribution in [0.15, 0.2) is 46.1 Å². The second-order valence-electron chi connectivity index (χ2n) is 6.41. The fourth-order valence-corrected chi connectivity index (χ4v) is 3.16. The Balaban J connectivity index is 1.77. The molecule has 0 N–H and O–H groups in total. The van der Waals surface area contributed by atoms with Crippen molar-refractivity contribution in [2.45, 2.75) is 19.3 Å². The first-order valence-corrected chi connectivity index (χ1v) is 11.1. The van der Waals surface area contributed by atoms with E-state index < -0.39 is 21.2 Å². The van der Waals surface area contributed by atoms with Gasteiger partial charge in [-0.3, -0.25) is 20.2 Å². The number of unbranched alkanes of at least 4 members (excludes halogenated alkanes) is 2. The van der Waals surface area contributed by atoms with E-state index in [-0.39, 0.29) is 26.9 Å². The fraction of sp³-hybridized carbons (Fsp3) is 0.250. The topological polar surface area (TPSA) is 126 Å². The molecule has 0 saturated carbocycles. The van der Waals surface area contributed by atoms with E-state index in [1.165, 1.54) is 12.3 Å². The molecule has 0 aliphatic rings. The molecular formula is C20H17Cl4N3O7. The molecule has 0 unspecified atom stereocenters. The van der Waals surface area contributed by atoms with Gasteiger partial charge in [-0.25, -0.2) is 0 Å². The van der Waals surface area contributed by atoms with Gasteiger partial charge in [-0.1, -0.05) is 51.6 Å². The molecule has 14 heteroatoms. The van der Waals surface area contributed by atoms with Crippen molar-refractivity contribution in [3.63, 3.8) is 0 Å². The Morgan fingerprint density at radius 3 is 2.32 bits per heavy atom. The second kappa shape index (κ2) is 13.8. The van der Waals surface area contributed by atoms with Crippen LogP contribution < -0.4 is 14.3 Å². The minimum absolute atomic E-state index is 0.0846. The summed E-state index contributed by atoms with van der Waals surface area (Å²) in [5.41, 5.74) is -0.969. The van der Waals surface area contributed by atoms with Gasteiger partial charge in [0.25, 0.3) is 5.69 Å². The van der Waals surface area contributed by atoms with E-state index in [1.807, 2.05) is 0 Å². The molecule has 0 atom stereocenters. The number of benzene rings is 2. The van der Waals surface area contributed by atoms with Crippen LogP contribution in [0.1, 0.15) is 19.3 Å². The molecule has 2 aromatic carbocycles. The predicted octanol–water partition coefficient (Wildman–Crippen LogP) is 7.12. The zero-order valence-electron chi connectivity index (χ0n) is 17.3. The Hall–Kier alpha value is -2.79. The van der Waals surface area contributed by atoms with Crippen molar-refractivity contribution in [1.29, 1.82) is 0 Å². The highest BCUT2D eigenvalue weighted by Crippen LogP contribution is 2.37. The summed E-state index contributed by atoms with van der Waals surface area (Å²) in [6, 6.07) is 6.13. The third-order valence-corrected chi connectivity index (χ3v) is 4.88. The second-order valence-corrected chi connectivity index (χ2v) is 8.23. The molecule has 0 aliphatic carbocycles. The predicted molar refractivity (Wildman–Crippen MR) is 130 cm³/mol. The number of oxime groups is 1. The van der Waals surface area contributed by atoms with Crippen LogP contribution in [0.25, 0.3) is 0 Å². The van der Waals surface area contributed by atoms with Crippen LogP contribution in [0.4, 0.5) is 11.4 Å². The Kier molecular flexibility index (Phi) is 11.1. The summed E-state index contributed by atoms with van der Waals surface area (Å²) in [7, 11) is 0. The third-order valence-electron chi connectivity index (χ3n) is 4.01. The zero-order chi connectivity index (χ0) is 25.1. The van der Waals surface area contributed by atoms with Crippen molar-refractivity contribution in [2.75, 3.05) is 13.2 Å². The lowest BCUT2D eigenvalue weighted by Gasteiger charge is -2.12. The molecule has 0 saturated heterocycles. The maximum Gasteiger partial charge on any atom is 0.321 e. The molecule has 10 nitrogen and oxygen atoms in total. The SMILES string of the molecule is O=[N+]([O-])c1ccc(O/N=C/CCCCOc2c(Cl)cc(OCC=C(Cl)Cl)cc2Cl)c([N+](=O)[O-])c1. The van der Waals surface area contributed by atoms with E-state index in [1.54, 1.807) is 12.1 Å². The maximum atomic E-state index is 11.1. The first kappa shape index (κ1) is 27.5. The van der Waals surface area contributed by atoms with E-state index in [0.717, 1.165) is 18.2 Å². The molecule has 0 aromatic heterocycles. The number of rotatable bonds is 13. The average Bonchev–Trinajstić information content (AvgIpc) is 2.76. The average molecular weight is 553 g/mol. The first-order valence-electron chi connectivity index (χ1n) is 9.56. The van der Waals surface area contributed by atoms with Crippen LogP contribution in [0, 0.1) is 20.2 Å². The van der Waals surface area contributed by atoms with Crippen molar-refractivity contribution >= 4 is 64.0 Å². The normalized spacial score (nSPS) is 10.7.